The lowest BCUT2D eigenvalue weighted by molar-refractivity contribution is 0.265. The van der Waals surface area contributed by atoms with E-state index in [0.717, 1.165) is 6.42 Å². The van der Waals surface area contributed by atoms with Crippen LogP contribution in [0.2, 0.25) is 0 Å². The molecule has 1 aliphatic rings. The van der Waals surface area contributed by atoms with Crippen LogP contribution in [0.1, 0.15) is 24.5 Å². The molecule has 13 heavy (non-hydrogen) atoms. The normalized spacial score (nSPS) is 31.8. The van der Waals surface area contributed by atoms with Crippen LogP contribution in [0, 0.1) is 12.8 Å². The summed E-state index contributed by atoms with van der Waals surface area (Å²) >= 11 is 0. The van der Waals surface area contributed by atoms with Crippen molar-refractivity contribution in [2.45, 2.75) is 25.7 Å². The van der Waals surface area contributed by atoms with Gasteiger partial charge >= 0.3 is 0 Å². The molecule has 70 valence electrons. The molecule has 0 bridgehead atoms. The van der Waals surface area contributed by atoms with Gasteiger partial charge in [0.05, 0.1) is 0 Å². The third kappa shape index (κ3) is 1.37. The molecule has 1 heteroatoms. The third-order valence-electron chi connectivity index (χ3n) is 3.31. The zero-order chi connectivity index (χ0) is 9.47. The van der Waals surface area contributed by atoms with Gasteiger partial charge in [-0.1, -0.05) is 36.8 Å². The minimum Gasteiger partial charge on any atom is -0.396 e. The van der Waals surface area contributed by atoms with Crippen molar-refractivity contribution >= 4 is 0 Å². The largest absolute Gasteiger partial charge is 0.396 e. The van der Waals surface area contributed by atoms with Gasteiger partial charge in [-0.05, 0) is 30.2 Å². The molecule has 1 aromatic carbocycles. The summed E-state index contributed by atoms with van der Waals surface area (Å²) in [7, 11) is 0. The van der Waals surface area contributed by atoms with E-state index in [9.17, 15) is 0 Å². The first-order chi connectivity index (χ1) is 6.16. The number of aliphatic hydroxyl groups is 1. The predicted molar refractivity (Wildman–Crippen MR) is 53.7 cm³/mol. The highest BCUT2D eigenvalue weighted by Gasteiger charge is 2.50. The molecule has 1 aliphatic carbocycles. The molecule has 2 atom stereocenters. The second-order valence-corrected chi connectivity index (χ2v) is 4.37. The summed E-state index contributed by atoms with van der Waals surface area (Å²) in [6, 6.07) is 8.62. The Balaban J connectivity index is 2.27. The zero-order valence-electron chi connectivity index (χ0n) is 8.25. The van der Waals surface area contributed by atoms with Crippen LogP contribution in [0.5, 0.6) is 0 Å². The van der Waals surface area contributed by atoms with Crippen LogP contribution in [0.15, 0.2) is 24.3 Å². The maximum absolute atomic E-state index is 9.07. The topological polar surface area (TPSA) is 20.2 Å². The molecule has 0 aromatic heterocycles. The molecular formula is C12H16O. The maximum Gasteiger partial charge on any atom is 0.0468 e. The van der Waals surface area contributed by atoms with Crippen molar-refractivity contribution in [3.8, 4) is 0 Å². The molecule has 0 amide bonds. The Hall–Kier alpha value is -0.820. The zero-order valence-corrected chi connectivity index (χ0v) is 8.25. The van der Waals surface area contributed by atoms with E-state index in [2.05, 4.69) is 38.1 Å². The first kappa shape index (κ1) is 8.76. The molecule has 1 N–H and O–H groups in total. The molecule has 0 heterocycles. The second kappa shape index (κ2) is 2.85. The van der Waals surface area contributed by atoms with Crippen LogP contribution in [0.3, 0.4) is 0 Å². The highest BCUT2D eigenvalue weighted by Crippen LogP contribution is 2.53. The Morgan fingerprint density at radius 1 is 1.54 bits per heavy atom. The molecular weight excluding hydrogens is 160 g/mol. The molecule has 0 spiro atoms. The van der Waals surface area contributed by atoms with Gasteiger partial charge in [0.2, 0.25) is 0 Å². The van der Waals surface area contributed by atoms with E-state index >= 15 is 0 Å². The second-order valence-electron chi connectivity index (χ2n) is 4.37. The average Bonchev–Trinajstić information content (AvgIpc) is 2.79. The van der Waals surface area contributed by atoms with Crippen molar-refractivity contribution in [2.24, 2.45) is 5.92 Å². The van der Waals surface area contributed by atoms with Gasteiger partial charge in [0.1, 0.15) is 0 Å². The van der Waals surface area contributed by atoms with Crippen molar-refractivity contribution < 1.29 is 5.11 Å². The van der Waals surface area contributed by atoms with Gasteiger partial charge in [0.15, 0.2) is 0 Å². The van der Waals surface area contributed by atoms with Crippen molar-refractivity contribution in [3.05, 3.63) is 35.4 Å². The number of hydrogen-bond donors (Lipinski definition) is 1. The Morgan fingerprint density at radius 3 is 2.85 bits per heavy atom. The molecule has 1 fully saturated rings. The monoisotopic (exact) mass is 176 g/mol. The van der Waals surface area contributed by atoms with Crippen LogP contribution in [0.25, 0.3) is 0 Å². The fourth-order valence-electron chi connectivity index (χ4n) is 2.07. The number of hydrogen-bond acceptors (Lipinski definition) is 1. The summed E-state index contributed by atoms with van der Waals surface area (Å²) < 4.78 is 0. The van der Waals surface area contributed by atoms with E-state index in [0.29, 0.717) is 12.5 Å². The van der Waals surface area contributed by atoms with Crippen molar-refractivity contribution in [1.29, 1.82) is 0 Å². The molecule has 2 unspecified atom stereocenters. The van der Waals surface area contributed by atoms with E-state index in [1.165, 1.54) is 11.1 Å². The van der Waals surface area contributed by atoms with Crippen molar-refractivity contribution in [2.75, 3.05) is 6.61 Å². The van der Waals surface area contributed by atoms with Crippen molar-refractivity contribution in [3.63, 3.8) is 0 Å². The van der Waals surface area contributed by atoms with E-state index in [1.807, 2.05) is 0 Å². The van der Waals surface area contributed by atoms with Crippen molar-refractivity contribution in [1.82, 2.24) is 0 Å². The summed E-state index contributed by atoms with van der Waals surface area (Å²) in [5.41, 5.74) is 2.94. The van der Waals surface area contributed by atoms with E-state index in [-0.39, 0.29) is 5.41 Å². The van der Waals surface area contributed by atoms with Crippen LogP contribution in [-0.4, -0.2) is 11.7 Å². The Labute approximate surface area is 79.4 Å². The fourth-order valence-corrected chi connectivity index (χ4v) is 2.07. The first-order valence-electron chi connectivity index (χ1n) is 4.85. The molecule has 0 aliphatic heterocycles. The van der Waals surface area contributed by atoms with Crippen LogP contribution < -0.4 is 0 Å². The van der Waals surface area contributed by atoms with Gasteiger partial charge in [-0.2, -0.15) is 0 Å². The fraction of sp³-hybridized carbons (Fsp3) is 0.500. The molecule has 0 saturated heterocycles. The molecule has 1 nitrogen and oxygen atoms in total. The Kier molecular flexibility index (Phi) is 1.92. The first-order valence-corrected chi connectivity index (χ1v) is 4.85. The predicted octanol–water partition coefficient (Wildman–Crippen LogP) is 2.26. The lowest BCUT2D eigenvalue weighted by atomic mass is 9.94. The summed E-state index contributed by atoms with van der Waals surface area (Å²) in [6.45, 7) is 4.68. The number of aliphatic hydroxyl groups excluding tert-OH is 1. The molecule has 0 radical (unpaired) electrons. The van der Waals surface area contributed by atoms with Gasteiger partial charge in [-0.15, -0.1) is 0 Å². The number of aryl methyl sites for hydroxylation is 1. The smallest absolute Gasteiger partial charge is 0.0468 e. The summed E-state index contributed by atoms with van der Waals surface area (Å²) in [5.74, 6) is 0.481. The maximum atomic E-state index is 9.07. The van der Waals surface area contributed by atoms with Gasteiger partial charge in [0.25, 0.3) is 0 Å². The highest BCUT2D eigenvalue weighted by molar-refractivity contribution is 5.35. The molecule has 1 saturated carbocycles. The lowest BCUT2D eigenvalue weighted by Gasteiger charge is -2.11. The minimum absolute atomic E-state index is 0.251. The van der Waals surface area contributed by atoms with Crippen LogP contribution in [0.4, 0.5) is 0 Å². The highest BCUT2D eigenvalue weighted by atomic mass is 16.3. The Bertz CT molecular complexity index is 319. The van der Waals surface area contributed by atoms with Gasteiger partial charge in [-0.3, -0.25) is 0 Å². The van der Waals surface area contributed by atoms with Crippen LogP contribution in [-0.2, 0) is 5.41 Å². The van der Waals surface area contributed by atoms with Gasteiger partial charge in [0, 0.05) is 6.61 Å². The summed E-state index contributed by atoms with van der Waals surface area (Å²) in [5, 5.41) is 9.07. The van der Waals surface area contributed by atoms with E-state index in [4.69, 9.17) is 5.11 Å². The summed E-state index contributed by atoms with van der Waals surface area (Å²) in [6.07, 6.45) is 1.13. The van der Waals surface area contributed by atoms with Crippen LogP contribution >= 0.6 is 0 Å². The minimum atomic E-state index is 0.251. The Morgan fingerprint density at radius 2 is 2.31 bits per heavy atom. The van der Waals surface area contributed by atoms with E-state index < -0.39 is 0 Å². The van der Waals surface area contributed by atoms with Gasteiger partial charge < -0.3 is 5.11 Å². The summed E-state index contributed by atoms with van der Waals surface area (Å²) in [4.78, 5) is 0. The standard InChI is InChI=1S/C12H16O/c1-9-4-3-5-10(6-9)12(2)7-11(12)8-13/h3-6,11,13H,7-8H2,1-2H3. The average molecular weight is 176 g/mol. The van der Waals surface area contributed by atoms with E-state index in [1.54, 1.807) is 0 Å². The third-order valence-corrected chi connectivity index (χ3v) is 3.31. The van der Waals surface area contributed by atoms with Gasteiger partial charge in [-0.25, -0.2) is 0 Å². The number of benzene rings is 1. The molecule has 1 aromatic rings. The molecule has 2 rings (SSSR count). The number of rotatable bonds is 2. The quantitative estimate of drug-likeness (QED) is 0.733. The SMILES string of the molecule is Cc1cccc(C2(C)CC2CO)c1. The lowest BCUT2D eigenvalue weighted by Crippen LogP contribution is -2.06.